The van der Waals surface area contributed by atoms with Crippen LogP contribution in [0.1, 0.15) is 24.7 Å². The van der Waals surface area contributed by atoms with Gasteiger partial charge in [-0.3, -0.25) is 9.99 Å². The first kappa shape index (κ1) is 16.8. The van der Waals surface area contributed by atoms with Crippen LogP contribution in [0, 0.1) is 0 Å². The van der Waals surface area contributed by atoms with Crippen molar-refractivity contribution in [3.63, 3.8) is 0 Å². The molecule has 4 heterocycles. The minimum absolute atomic E-state index is 0.375. The number of hydrogen-bond donors (Lipinski definition) is 2. The average Bonchev–Trinajstić information content (AvgIpc) is 3.36. The van der Waals surface area contributed by atoms with Crippen molar-refractivity contribution >= 4 is 33.3 Å². The van der Waals surface area contributed by atoms with Crippen LogP contribution >= 0.6 is 0 Å². The number of aromatic nitrogens is 3. The maximum Gasteiger partial charge on any atom is 0.131 e. The molecule has 1 saturated heterocycles. The summed E-state index contributed by atoms with van der Waals surface area (Å²) in [6, 6.07) is 17.0. The molecule has 0 radical (unpaired) electrons. The molecule has 2 aromatic carbocycles. The Bertz CT molecular complexity index is 1200. The van der Waals surface area contributed by atoms with E-state index in [4.69, 9.17) is 9.72 Å². The summed E-state index contributed by atoms with van der Waals surface area (Å²) in [7, 11) is 0. The Morgan fingerprint density at radius 1 is 1.00 bits per heavy atom. The lowest BCUT2D eigenvalue weighted by atomic mass is 10.1. The van der Waals surface area contributed by atoms with Crippen LogP contribution in [0.3, 0.4) is 0 Å². The molecule has 6 rings (SSSR count). The third kappa shape index (κ3) is 2.73. The third-order valence-electron chi connectivity index (χ3n) is 5.87. The van der Waals surface area contributed by atoms with Crippen LogP contribution in [0.15, 0.2) is 54.7 Å². The monoisotopic (exact) mass is 386 g/mol. The molecule has 4 aromatic rings. The maximum absolute atomic E-state index is 5.64. The molecule has 146 valence electrons. The fourth-order valence-corrected chi connectivity index (χ4v) is 4.49. The van der Waals surface area contributed by atoms with E-state index in [-0.39, 0.29) is 0 Å². The number of anilines is 2. The Labute approximate surface area is 168 Å². The Balaban J connectivity index is 1.51. The summed E-state index contributed by atoms with van der Waals surface area (Å²) < 4.78 is 8.07. The SMILES string of the molecule is c1ccc2c(c1)NNN2Cc1nc2cnc3ccccc3c2n1C1CCOCC1. The average molecular weight is 386 g/mol. The maximum atomic E-state index is 5.64. The topological polar surface area (TPSA) is 67.2 Å². The van der Waals surface area contributed by atoms with Crippen LogP contribution in [-0.4, -0.2) is 27.7 Å². The van der Waals surface area contributed by atoms with E-state index in [0.29, 0.717) is 12.6 Å². The summed E-state index contributed by atoms with van der Waals surface area (Å²) in [5.41, 5.74) is 11.8. The second-order valence-corrected chi connectivity index (χ2v) is 7.59. The molecule has 0 spiro atoms. The number of pyridine rings is 1. The second-order valence-electron chi connectivity index (χ2n) is 7.59. The fraction of sp³-hybridized carbons (Fsp3) is 0.273. The van der Waals surface area contributed by atoms with E-state index in [1.807, 2.05) is 18.3 Å². The van der Waals surface area contributed by atoms with Gasteiger partial charge >= 0.3 is 0 Å². The number of hydrogen-bond acceptors (Lipinski definition) is 6. The summed E-state index contributed by atoms with van der Waals surface area (Å²) >= 11 is 0. The Morgan fingerprint density at radius 3 is 2.76 bits per heavy atom. The van der Waals surface area contributed by atoms with Gasteiger partial charge in [-0.05, 0) is 31.0 Å². The summed E-state index contributed by atoms with van der Waals surface area (Å²) in [5.74, 6) is 1.04. The molecule has 29 heavy (non-hydrogen) atoms. The van der Waals surface area contributed by atoms with Crippen molar-refractivity contribution in [2.75, 3.05) is 23.6 Å². The van der Waals surface area contributed by atoms with Crippen LogP contribution in [-0.2, 0) is 11.3 Å². The van der Waals surface area contributed by atoms with Crippen molar-refractivity contribution in [3.8, 4) is 0 Å². The first-order valence-electron chi connectivity index (χ1n) is 10.1. The molecule has 0 saturated carbocycles. The summed E-state index contributed by atoms with van der Waals surface area (Å²) in [5, 5.41) is 3.27. The number of ether oxygens (including phenoxy) is 1. The first-order valence-corrected chi connectivity index (χ1v) is 10.1. The lowest BCUT2D eigenvalue weighted by molar-refractivity contribution is 0.0699. The molecule has 2 aromatic heterocycles. The smallest absolute Gasteiger partial charge is 0.131 e. The number of benzene rings is 2. The highest BCUT2D eigenvalue weighted by Gasteiger charge is 2.26. The molecule has 7 heteroatoms. The van der Waals surface area contributed by atoms with E-state index < -0.39 is 0 Å². The number of hydrazine groups is 2. The van der Waals surface area contributed by atoms with E-state index in [1.54, 1.807) is 0 Å². The minimum atomic E-state index is 0.375. The van der Waals surface area contributed by atoms with E-state index in [9.17, 15) is 0 Å². The Kier molecular flexibility index (Phi) is 3.88. The lowest BCUT2D eigenvalue weighted by Crippen LogP contribution is -2.36. The highest BCUT2D eigenvalue weighted by molar-refractivity contribution is 6.02. The molecule has 0 unspecified atom stereocenters. The molecule has 0 amide bonds. The predicted octanol–water partition coefficient (Wildman–Crippen LogP) is 3.79. The molecule has 7 nitrogen and oxygen atoms in total. The van der Waals surface area contributed by atoms with Crippen LogP contribution < -0.4 is 16.0 Å². The summed E-state index contributed by atoms with van der Waals surface area (Å²) in [4.78, 5) is 9.66. The molecule has 0 bridgehead atoms. The van der Waals surface area contributed by atoms with Crippen LogP contribution in [0.25, 0.3) is 21.9 Å². The number of fused-ring (bicyclic) bond motifs is 4. The van der Waals surface area contributed by atoms with Gasteiger partial charge in [0.05, 0.1) is 35.1 Å². The van der Waals surface area contributed by atoms with Crippen LogP contribution in [0.5, 0.6) is 0 Å². The lowest BCUT2D eigenvalue weighted by Gasteiger charge is -2.27. The highest BCUT2D eigenvalue weighted by Crippen LogP contribution is 2.34. The van der Waals surface area contributed by atoms with Gasteiger partial charge in [-0.15, -0.1) is 5.53 Å². The predicted molar refractivity (Wildman–Crippen MR) is 114 cm³/mol. The molecule has 2 N–H and O–H groups in total. The van der Waals surface area contributed by atoms with Crippen molar-refractivity contribution in [2.45, 2.75) is 25.4 Å². The van der Waals surface area contributed by atoms with Gasteiger partial charge in [0.15, 0.2) is 0 Å². The van der Waals surface area contributed by atoms with Crippen molar-refractivity contribution in [1.29, 1.82) is 0 Å². The van der Waals surface area contributed by atoms with Gasteiger partial charge in [-0.2, -0.15) is 0 Å². The van der Waals surface area contributed by atoms with Gasteiger partial charge in [0.1, 0.15) is 11.3 Å². The molecular formula is C22H22N6O. The first-order chi connectivity index (χ1) is 14.4. The number of imidazole rings is 1. The summed E-state index contributed by atoms with van der Waals surface area (Å²) in [6.45, 7) is 2.24. The quantitative estimate of drug-likeness (QED) is 0.558. The van der Waals surface area contributed by atoms with E-state index in [1.165, 1.54) is 5.52 Å². The zero-order chi connectivity index (χ0) is 19.2. The normalized spacial score (nSPS) is 17.0. The molecule has 2 aliphatic heterocycles. The molecule has 1 fully saturated rings. The van der Waals surface area contributed by atoms with Crippen molar-refractivity contribution < 1.29 is 4.74 Å². The van der Waals surface area contributed by atoms with Crippen LogP contribution in [0.2, 0.25) is 0 Å². The van der Waals surface area contributed by atoms with Gasteiger partial charge in [0.2, 0.25) is 0 Å². The number of rotatable bonds is 3. The zero-order valence-corrected chi connectivity index (χ0v) is 16.0. The fourth-order valence-electron chi connectivity index (χ4n) is 4.49. The summed E-state index contributed by atoms with van der Waals surface area (Å²) in [6.07, 6.45) is 3.90. The molecule has 2 aliphatic rings. The Morgan fingerprint density at radius 2 is 1.83 bits per heavy atom. The van der Waals surface area contributed by atoms with E-state index in [0.717, 1.165) is 59.7 Å². The highest BCUT2D eigenvalue weighted by atomic mass is 16.5. The van der Waals surface area contributed by atoms with E-state index >= 15 is 0 Å². The van der Waals surface area contributed by atoms with Gasteiger partial charge < -0.3 is 14.7 Å². The largest absolute Gasteiger partial charge is 0.381 e. The van der Waals surface area contributed by atoms with Crippen molar-refractivity contribution in [1.82, 2.24) is 20.1 Å². The molecule has 0 atom stereocenters. The minimum Gasteiger partial charge on any atom is -0.381 e. The molecule has 0 aliphatic carbocycles. The standard InChI is InChI=1S/C22H22N6O/c1-2-6-17-16(5-1)22-19(13-23-17)24-21(28(22)15-9-11-29-12-10-15)14-27-20-8-4-3-7-18(20)25-26-27/h1-8,13,15,25-26H,9-12,14H2. The van der Waals surface area contributed by atoms with Gasteiger partial charge in [0.25, 0.3) is 0 Å². The van der Waals surface area contributed by atoms with Gasteiger partial charge in [0, 0.05) is 24.6 Å². The molecular weight excluding hydrogens is 364 g/mol. The zero-order valence-electron chi connectivity index (χ0n) is 16.0. The number of nitrogens with one attached hydrogen (secondary N) is 2. The van der Waals surface area contributed by atoms with Crippen molar-refractivity contribution in [2.24, 2.45) is 0 Å². The Hall–Kier alpha value is -3.16. The van der Waals surface area contributed by atoms with Gasteiger partial charge in [-0.1, -0.05) is 30.3 Å². The number of nitrogens with zero attached hydrogens (tertiary/aromatic N) is 4. The van der Waals surface area contributed by atoms with Crippen LogP contribution in [0.4, 0.5) is 11.4 Å². The van der Waals surface area contributed by atoms with E-state index in [2.05, 4.69) is 61.9 Å². The number of para-hydroxylation sites is 3. The van der Waals surface area contributed by atoms with Gasteiger partial charge in [-0.25, -0.2) is 4.98 Å². The van der Waals surface area contributed by atoms with Crippen molar-refractivity contribution in [3.05, 3.63) is 60.6 Å². The third-order valence-corrected chi connectivity index (χ3v) is 5.87. The second kappa shape index (κ2) is 6.72.